The molecular formula is C13H11ClN2OS. The van der Waals surface area contributed by atoms with E-state index in [1.165, 1.54) is 11.3 Å². The lowest BCUT2D eigenvalue weighted by Gasteiger charge is -2.06. The summed E-state index contributed by atoms with van der Waals surface area (Å²) < 4.78 is 0.888. The molecule has 0 aliphatic heterocycles. The SMILES string of the molecule is C#CC(C)NC(=O)c1sc2cccc(Cl)c2c1N. The molecular weight excluding hydrogens is 268 g/mol. The van der Waals surface area contributed by atoms with Crippen LogP contribution < -0.4 is 11.1 Å². The molecule has 0 saturated heterocycles. The molecule has 1 unspecified atom stereocenters. The standard InChI is InChI=1S/C13H11ClN2OS/c1-3-7(2)16-13(17)12-11(15)10-8(14)5-4-6-9(10)18-12/h1,4-7H,15H2,2H3,(H,16,17). The van der Waals surface area contributed by atoms with Gasteiger partial charge in [0.25, 0.3) is 5.91 Å². The fourth-order valence-corrected chi connectivity index (χ4v) is 2.99. The van der Waals surface area contributed by atoms with Crippen LogP contribution in [0.25, 0.3) is 10.1 Å². The lowest BCUT2D eigenvalue weighted by Crippen LogP contribution is -2.31. The van der Waals surface area contributed by atoms with Gasteiger partial charge in [-0.05, 0) is 19.1 Å². The minimum Gasteiger partial charge on any atom is -0.397 e. The predicted molar refractivity (Wildman–Crippen MR) is 77.0 cm³/mol. The van der Waals surface area contributed by atoms with Gasteiger partial charge in [-0.2, -0.15) is 0 Å². The van der Waals surface area contributed by atoms with Crippen LogP contribution in [0.4, 0.5) is 5.69 Å². The average Bonchev–Trinajstić information content (AvgIpc) is 2.68. The second kappa shape index (κ2) is 4.89. The zero-order chi connectivity index (χ0) is 13.3. The second-order valence-electron chi connectivity index (χ2n) is 3.82. The zero-order valence-corrected chi connectivity index (χ0v) is 11.2. The molecule has 1 atom stereocenters. The van der Waals surface area contributed by atoms with Gasteiger partial charge in [0.2, 0.25) is 0 Å². The van der Waals surface area contributed by atoms with Crippen molar-refractivity contribution in [2.24, 2.45) is 0 Å². The molecule has 0 radical (unpaired) electrons. The Bertz CT molecular complexity index is 657. The molecule has 1 aromatic carbocycles. The molecule has 1 heterocycles. The Labute approximate surface area is 114 Å². The van der Waals surface area contributed by atoms with Gasteiger partial charge in [-0.1, -0.05) is 23.6 Å². The Morgan fingerprint density at radius 3 is 2.94 bits per heavy atom. The van der Waals surface area contributed by atoms with Crippen molar-refractivity contribution < 1.29 is 4.79 Å². The number of rotatable bonds is 2. The number of nitrogen functional groups attached to an aromatic ring is 1. The van der Waals surface area contributed by atoms with Gasteiger partial charge in [-0.3, -0.25) is 4.79 Å². The first kappa shape index (κ1) is 12.7. The Morgan fingerprint density at radius 1 is 1.61 bits per heavy atom. The quantitative estimate of drug-likeness (QED) is 0.830. The van der Waals surface area contributed by atoms with Crippen molar-refractivity contribution >= 4 is 44.6 Å². The van der Waals surface area contributed by atoms with Crippen LogP contribution in [0.5, 0.6) is 0 Å². The molecule has 0 saturated carbocycles. The first-order chi connectivity index (χ1) is 8.54. The molecule has 18 heavy (non-hydrogen) atoms. The average molecular weight is 279 g/mol. The van der Waals surface area contributed by atoms with E-state index in [4.69, 9.17) is 23.8 Å². The van der Waals surface area contributed by atoms with Gasteiger partial charge in [0.15, 0.2) is 0 Å². The zero-order valence-electron chi connectivity index (χ0n) is 9.66. The van der Waals surface area contributed by atoms with Gasteiger partial charge in [-0.15, -0.1) is 17.8 Å². The van der Waals surface area contributed by atoms with E-state index >= 15 is 0 Å². The molecule has 0 aliphatic rings. The van der Waals surface area contributed by atoms with Gasteiger partial charge in [-0.25, -0.2) is 0 Å². The predicted octanol–water partition coefficient (Wildman–Crippen LogP) is 2.89. The minimum atomic E-state index is -0.336. The van der Waals surface area contributed by atoms with Crippen LogP contribution in [-0.4, -0.2) is 11.9 Å². The Hall–Kier alpha value is -1.70. The molecule has 0 spiro atoms. The lowest BCUT2D eigenvalue weighted by molar-refractivity contribution is 0.0953. The van der Waals surface area contributed by atoms with Crippen LogP contribution in [0, 0.1) is 12.3 Å². The molecule has 0 aliphatic carbocycles. The Morgan fingerprint density at radius 2 is 2.33 bits per heavy atom. The van der Waals surface area contributed by atoms with Crippen LogP contribution in [0.2, 0.25) is 5.02 Å². The molecule has 0 fully saturated rings. The van der Waals surface area contributed by atoms with Crippen molar-refractivity contribution in [2.75, 3.05) is 5.73 Å². The largest absolute Gasteiger partial charge is 0.397 e. The van der Waals surface area contributed by atoms with Gasteiger partial charge < -0.3 is 11.1 Å². The number of terminal acetylenes is 1. The fourth-order valence-electron chi connectivity index (χ4n) is 1.60. The number of nitrogens with two attached hydrogens (primary N) is 1. The van der Waals surface area contributed by atoms with Crippen molar-refractivity contribution in [3.63, 3.8) is 0 Å². The first-order valence-corrected chi connectivity index (χ1v) is 6.47. The van der Waals surface area contributed by atoms with E-state index in [1.807, 2.05) is 12.1 Å². The van der Waals surface area contributed by atoms with Crippen LogP contribution in [0.1, 0.15) is 16.6 Å². The highest BCUT2D eigenvalue weighted by Crippen LogP contribution is 2.37. The molecule has 2 aromatic rings. The number of carbonyl (C=O) groups is 1. The normalized spacial score (nSPS) is 12.1. The smallest absolute Gasteiger partial charge is 0.264 e. The highest BCUT2D eigenvalue weighted by atomic mass is 35.5. The van der Waals surface area contributed by atoms with E-state index in [9.17, 15) is 4.79 Å². The Balaban J connectivity index is 2.47. The number of carbonyl (C=O) groups excluding carboxylic acids is 1. The third-order valence-electron chi connectivity index (χ3n) is 2.51. The van der Waals surface area contributed by atoms with Gasteiger partial charge in [0.1, 0.15) is 4.88 Å². The summed E-state index contributed by atoms with van der Waals surface area (Å²) in [5, 5.41) is 3.95. The molecule has 1 amide bonds. The summed E-state index contributed by atoms with van der Waals surface area (Å²) in [6.07, 6.45) is 5.22. The number of hydrogen-bond donors (Lipinski definition) is 2. The van der Waals surface area contributed by atoms with E-state index in [1.54, 1.807) is 13.0 Å². The number of anilines is 1. The van der Waals surface area contributed by atoms with Crippen LogP contribution in [-0.2, 0) is 0 Å². The number of halogens is 1. The number of nitrogens with one attached hydrogen (secondary N) is 1. The number of hydrogen-bond acceptors (Lipinski definition) is 3. The maximum absolute atomic E-state index is 12.0. The second-order valence-corrected chi connectivity index (χ2v) is 5.28. The molecule has 1 aromatic heterocycles. The van der Waals surface area contributed by atoms with Crippen molar-refractivity contribution in [1.82, 2.24) is 5.32 Å². The monoisotopic (exact) mass is 278 g/mol. The fraction of sp³-hybridized carbons (Fsp3) is 0.154. The maximum atomic E-state index is 12.0. The summed E-state index contributed by atoms with van der Waals surface area (Å²) in [7, 11) is 0. The van der Waals surface area contributed by atoms with Crippen molar-refractivity contribution in [3.05, 3.63) is 28.1 Å². The summed E-state index contributed by atoms with van der Waals surface area (Å²) in [5.74, 6) is 2.17. The van der Waals surface area contributed by atoms with E-state index in [-0.39, 0.29) is 11.9 Å². The first-order valence-electron chi connectivity index (χ1n) is 5.28. The summed E-state index contributed by atoms with van der Waals surface area (Å²) in [6, 6.07) is 5.12. The molecule has 5 heteroatoms. The maximum Gasteiger partial charge on any atom is 0.264 e. The third-order valence-corrected chi connectivity index (χ3v) is 3.99. The summed E-state index contributed by atoms with van der Waals surface area (Å²) in [4.78, 5) is 12.4. The highest BCUT2D eigenvalue weighted by molar-refractivity contribution is 7.21. The van der Waals surface area contributed by atoms with Crippen LogP contribution in [0.15, 0.2) is 18.2 Å². The molecule has 0 bridgehead atoms. The number of benzene rings is 1. The minimum absolute atomic E-state index is 0.268. The summed E-state index contributed by atoms with van der Waals surface area (Å²) in [5.41, 5.74) is 6.38. The number of fused-ring (bicyclic) bond motifs is 1. The van der Waals surface area contributed by atoms with Crippen molar-refractivity contribution in [3.8, 4) is 12.3 Å². The van der Waals surface area contributed by atoms with E-state index in [0.29, 0.717) is 15.6 Å². The van der Waals surface area contributed by atoms with Crippen LogP contribution >= 0.6 is 22.9 Å². The van der Waals surface area contributed by atoms with Gasteiger partial charge in [0, 0.05) is 10.1 Å². The van der Waals surface area contributed by atoms with Crippen LogP contribution in [0.3, 0.4) is 0 Å². The van der Waals surface area contributed by atoms with E-state index < -0.39 is 0 Å². The number of thiophene rings is 1. The topological polar surface area (TPSA) is 55.1 Å². The summed E-state index contributed by atoms with van der Waals surface area (Å²) >= 11 is 7.38. The Kier molecular flexibility index (Phi) is 3.46. The molecule has 2 rings (SSSR count). The van der Waals surface area contributed by atoms with E-state index in [2.05, 4.69) is 11.2 Å². The third kappa shape index (κ3) is 2.15. The molecule has 3 nitrogen and oxygen atoms in total. The number of amides is 1. The van der Waals surface area contributed by atoms with Gasteiger partial charge >= 0.3 is 0 Å². The molecule has 92 valence electrons. The highest BCUT2D eigenvalue weighted by Gasteiger charge is 2.18. The van der Waals surface area contributed by atoms with Crippen molar-refractivity contribution in [1.29, 1.82) is 0 Å². The van der Waals surface area contributed by atoms with Crippen molar-refractivity contribution in [2.45, 2.75) is 13.0 Å². The lowest BCUT2D eigenvalue weighted by atomic mass is 10.2. The molecule has 3 N–H and O–H groups in total. The van der Waals surface area contributed by atoms with Gasteiger partial charge in [0.05, 0.1) is 16.8 Å². The summed E-state index contributed by atoms with van der Waals surface area (Å²) in [6.45, 7) is 1.73. The van der Waals surface area contributed by atoms with E-state index in [0.717, 1.165) is 10.1 Å².